The first-order valence-electron chi connectivity index (χ1n) is 11.5. The number of carbonyl (C=O) groups is 2. The molecule has 0 aliphatic carbocycles. The van der Waals surface area contributed by atoms with Crippen molar-refractivity contribution in [2.45, 2.75) is 12.8 Å². The zero-order valence-corrected chi connectivity index (χ0v) is 20.8. The van der Waals surface area contributed by atoms with Gasteiger partial charge in [-0.1, -0.05) is 11.6 Å². The van der Waals surface area contributed by atoms with Crippen LogP contribution >= 0.6 is 11.6 Å². The summed E-state index contributed by atoms with van der Waals surface area (Å²) in [5, 5.41) is 3.53. The standard InChI is InChI=1S/C27H27ClN2O6/c1-33-24-11-5-18(15-25(24)34-2)27(32)29-20-8-12-23-22(16-20)30(26(31)17-36-23)13-3-4-14-35-21-9-6-19(28)7-10-21/h5-12,15-16H,3-4,13-14,17H2,1-2H3,(H,29,32). The van der Waals surface area contributed by atoms with Crippen LogP contribution in [0.15, 0.2) is 60.7 Å². The zero-order chi connectivity index (χ0) is 25.5. The van der Waals surface area contributed by atoms with Crippen LogP contribution < -0.4 is 29.2 Å². The first-order valence-corrected chi connectivity index (χ1v) is 11.8. The van der Waals surface area contributed by atoms with E-state index in [1.165, 1.54) is 14.2 Å². The van der Waals surface area contributed by atoms with Crippen LogP contribution in [0, 0.1) is 0 Å². The number of nitrogens with zero attached hydrogens (tertiary/aromatic N) is 1. The molecule has 0 fully saturated rings. The summed E-state index contributed by atoms with van der Waals surface area (Å²) >= 11 is 5.89. The number of ether oxygens (including phenoxy) is 4. The van der Waals surface area contributed by atoms with Gasteiger partial charge in [-0.15, -0.1) is 0 Å². The Labute approximate surface area is 214 Å². The Morgan fingerprint density at radius 3 is 2.53 bits per heavy atom. The maximum atomic E-state index is 12.8. The largest absolute Gasteiger partial charge is 0.494 e. The van der Waals surface area contributed by atoms with E-state index in [0.717, 1.165) is 18.6 Å². The third-order valence-electron chi connectivity index (χ3n) is 5.66. The fourth-order valence-electron chi connectivity index (χ4n) is 3.80. The first-order chi connectivity index (χ1) is 17.5. The summed E-state index contributed by atoms with van der Waals surface area (Å²) in [4.78, 5) is 27.1. The minimum Gasteiger partial charge on any atom is -0.494 e. The molecule has 0 unspecified atom stereocenters. The van der Waals surface area contributed by atoms with Crippen molar-refractivity contribution in [2.75, 3.05) is 44.2 Å². The summed E-state index contributed by atoms with van der Waals surface area (Å²) in [6.07, 6.45) is 1.50. The zero-order valence-electron chi connectivity index (χ0n) is 20.1. The lowest BCUT2D eigenvalue weighted by atomic mass is 10.1. The number of carbonyl (C=O) groups excluding carboxylic acids is 2. The van der Waals surface area contributed by atoms with Gasteiger partial charge in [0.2, 0.25) is 0 Å². The summed E-state index contributed by atoms with van der Waals surface area (Å²) in [5.41, 5.74) is 1.58. The summed E-state index contributed by atoms with van der Waals surface area (Å²) in [6.45, 7) is 1.01. The van der Waals surface area contributed by atoms with Crippen molar-refractivity contribution in [1.29, 1.82) is 0 Å². The Kier molecular flexibility index (Phi) is 8.17. The van der Waals surface area contributed by atoms with Gasteiger partial charge in [-0.3, -0.25) is 9.59 Å². The van der Waals surface area contributed by atoms with E-state index in [-0.39, 0.29) is 18.4 Å². The smallest absolute Gasteiger partial charge is 0.265 e. The van der Waals surface area contributed by atoms with E-state index in [9.17, 15) is 9.59 Å². The number of methoxy groups -OCH3 is 2. The molecule has 188 valence electrons. The molecule has 1 heterocycles. The summed E-state index contributed by atoms with van der Waals surface area (Å²) in [6, 6.07) is 17.4. The summed E-state index contributed by atoms with van der Waals surface area (Å²) < 4.78 is 21.8. The van der Waals surface area contributed by atoms with Crippen molar-refractivity contribution in [3.05, 3.63) is 71.2 Å². The van der Waals surface area contributed by atoms with E-state index in [0.29, 0.717) is 52.4 Å². The van der Waals surface area contributed by atoms with Crippen molar-refractivity contribution in [1.82, 2.24) is 0 Å². The van der Waals surface area contributed by atoms with Crippen LogP contribution in [-0.2, 0) is 4.79 Å². The van der Waals surface area contributed by atoms with E-state index >= 15 is 0 Å². The lowest BCUT2D eigenvalue weighted by molar-refractivity contribution is -0.121. The molecular weight excluding hydrogens is 484 g/mol. The molecule has 3 aromatic rings. The molecule has 4 rings (SSSR count). The van der Waals surface area contributed by atoms with Gasteiger partial charge in [0, 0.05) is 22.8 Å². The molecule has 0 saturated heterocycles. The Hall–Kier alpha value is -3.91. The molecule has 0 radical (unpaired) electrons. The van der Waals surface area contributed by atoms with Gasteiger partial charge < -0.3 is 29.2 Å². The van der Waals surface area contributed by atoms with Gasteiger partial charge in [0.15, 0.2) is 18.1 Å². The normalized spacial score (nSPS) is 12.4. The maximum absolute atomic E-state index is 12.8. The number of unbranched alkanes of at least 4 members (excludes halogenated alkanes) is 1. The average molecular weight is 511 g/mol. The monoisotopic (exact) mass is 510 g/mol. The quantitative estimate of drug-likeness (QED) is 0.377. The Morgan fingerprint density at radius 2 is 1.78 bits per heavy atom. The van der Waals surface area contributed by atoms with Crippen LogP contribution in [0.25, 0.3) is 0 Å². The number of anilines is 2. The molecule has 9 heteroatoms. The molecule has 1 aliphatic rings. The minimum absolute atomic E-state index is 0.0222. The number of rotatable bonds is 10. The number of halogens is 1. The lowest BCUT2D eigenvalue weighted by Crippen LogP contribution is -2.39. The molecule has 0 atom stereocenters. The number of nitrogens with one attached hydrogen (secondary N) is 1. The van der Waals surface area contributed by atoms with E-state index in [1.807, 2.05) is 12.1 Å². The van der Waals surface area contributed by atoms with Crippen molar-refractivity contribution >= 4 is 34.8 Å². The molecular formula is C27H27ClN2O6. The average Bonchev–Trinajstić information content (AvgIpc) is 2.90. The van der Waals surface area contributed by atoms with Crippen molar-refractivity contribution in [3.63, 3.8) is 0 Å². The Balaban J connectivity index is 1.39. The van der Waals surface area contributed by atoms with Crippen molar-refractivity contribution in [3.8, 4) is 23.0 Å². The molecule has 1 N–H and O–H groups in total. The third kappa shape index (κ3) is 6.01. The van der Waals surface area contributed by atoms with Gasteiger partial charge in [0.25, 0.3) is 11.8 Å². The predicted octanol–water partition coefficient (Wildman–Crippen LogP) is 5.19. The van der Waals surface area contributed by atoms with Crippen LogP contribution in [0.3, 0.4) is 0 Å². The highest BCUT2D eigenvalue weighted by atomic mass is 35.5. The molecule has 0 saturated carbocycles. The predicted molar refractivity (Wildman–Crippen MR) is 138 cm³/mol. The van der Waals surface area contributed by atoms with Crippen molar-refractivity contribution < 1.29 is 28.5 Å². The number of amides is 2. The molecule has 36 heavy (non-hydrogen) atoms. The van der Waals surface area contributed by atoms with Gasteiger partial charge >= 0.3 is 0 Å². The second-order valence-electron chi connectivity index (χ2n) is 8.05. The summed E-state index contributed by atoms with van der Waals surface area (Å²) in [5.74, 6) is 1.89. The number of hydrogen-bond donors (Lipinski definition) is 1. The highest BCUT2D eigenvalue weighted by Crippen LogP contribution is 2.35. The Morgan fingerprint density at radius 1 is 1.00 bits per heavy atom. The third-order valence-corrected chi connectivity index (χ3v) is 5.92. The highest BCUT2D eigenvalue weighted by Gasteiger charge is 2.25. The molecule has 1 aliphatic heterocycles. The fraction of sp³-hybridized carbons (Fsp3) is 0.259. The SMILES string of the molecule is COc1ccc(C(=O)Nc2ccc3c(c2)N(CCCCOc2ccc(Cl)cc2)C(=O)CO3)cc1OC. The molecule has 0 aromatic heterocycles. The van der Waals surface area contributed by atoms with Gasteiger partial charge in [-0.2, -0.15) is 0 Å². The molecule has 2 amide bonds. The van der Waals surface area contributed by atoms with Gasteiger partial charge in [0.1, 0.15) is 11.5 Å². The first kappa shape index (κ1) is 25.2. The van der Waals surface area contributed by atoms with E-state index in [2.05, 4.69) is 5.32 Å². The van der Waals surface area contributed by atoms with E-state index < -0.39 is 0 Å². The fourth-order valence-corrected chi connectivity index (χ4v) is 3.92. The van der Waals surface area contributed by atoms with E-state index in [4.69, 9.17) is 30.5 Å². The molecule has 0 spiro atoms. The second kappa shape index (κ2) is 11.7. The van der Waals surface area contributed by atoms with Crippen LogP contribution in [0.4, 0.5) is 11.4 Å². The maximum Gasteiger partial charge on any atom is 0.265 e. The number of benzene rings is 3. The number of fused-ring (bicyclic) bond motifs is 1. The van der Waals surface area contributed by atoms with Gasteiger partial charge in [-0.25, -0.2) is 0 Å². The topological polar surface area (TPSA) is 86.3 Å². The van der Waals surface area contributed by atoms with Crippen LogP contribution in [-0.4, -0.2) is 45.8 Å². The lowest BCUT2D eigenvalue weighted by Gasteiger charge is -2.30. The molecule has 3 aromatic carbocycles. The summed E-state index contributed by atoms with van der Waals surface area (Å²) in [7, 11) is 3.05. The van der Waals surface area contributed by atoms with Crippen LogP contribution in [0.2, 0.25) is 5.02 Å². The van der Waals surface area contributed by atoms with Crippen molar-refractivity contribution in [2.24, 2.45) is 0 Å². The molecule has 8 nitrogen and oxygen atoms in total. The minimum atomic E-state index is -0.315. The van der Waals surface area contributed by atoms with Gasteiger partial charge in [0.05, 0.1) is 26.5 Å². The van der Waals surface area contributed by atoms with Crippen LogP contribution in [0.5, 0.6) is 23.0 Å². The Bertz CT molecular complexity index is 1230. The second-order valence-corrected chi connectivity index (χ2v) is 8.49. The number of hydrogen-bond acceptors (Lipinski definition) is 6. The van der Waals surface area contributed by atoms with Gasteiger partial charge in [-0.05, 0) is 73.5 Å². The van der Waals surface area contributed by atoms with E-state index in [1.54, 1.807) is 53.4 Å². The molecule has 0 bridgehead atoms. The highest BCUT2D eigenvalue weighted by molar-refractivity contribution is 6.30. The van der Waals surface area contributed by atoms with Crippen LogP contribution in [0.1, 0.15) is 23.2 Å².